The fourth-order valence-corrected chi connectivity index (χ4v) is 4.96. The molecule has 29 heavy (non-hydrogen) atoms. The molecule has 1 aliphatic heterocycles. The molecule has 0 unspecified atom stereocenters. The van der Waals surface area contributed by atoms with Crippen molar-refractivity contribution in [1.82, 2.24) is 4.98 Å². The highest BCUT2D eigenvalue weighted by molar-refractivity contribution is 7.91. The van der Waals surface area contributed by atoms with Crippen molar-refractivity contribution in [3.8, 4) is 11.5 Å². The molecule has 0 bridgehead atoms. The van der Waals surface area contributed by atoms with Crippen molar-refractivity contribution in [1.29, 1.82) is 0 Å². The monoisotopic (exact) mass is 450 g/mol. The van der Waals surface area contributed by atoms with E-state index in [4.69, 9.17) is 27.6 Å². The molecule has 2 aromatic carbocycles. The van der Waals surface area contributed by atoms with Crippen molar-refractivity contribution in [2.75, 3.05) is 18.0 Å². The number of nitrogens with zero attached hydrogens (tertiary/aromatic N) is 2. The Morgan fingerprint density at radius 1 is 0.828 bits per heavy atom. The third-order valence-corrected chi connectivity index (χ3v) is 7.11. The summed E-state index contributed by atoms with van der Waals surface area (Å²) in [5, 5.41) is 0.993. The lowest BCUT2D eigenvalue weighted by Crippen LogP contribution is -2.25. The maximum absolute atomic E-state index is 13.4. The summed E-state index contributed by atoms with van der Waals surface area (Å²) in [6.07, 6.45) is 4.21. The molecule has 3 aromatic rings. The molecule has 0 radical (unpaired) electrons. The molecule has 0 amide bonds. The Labute approximate surface area is 180 Å². The Hall–Kier alpha value is -2.02. The van der Waals surface area contributed by atoms with E-state index in [9.17, 15) is 8.42 Å². The van der Waals surface area contributed by atoms with E-state index >= 15 is 0 Å². The van der Waals surface area contributed by atoms with Crippen LogP contribution in [0.5, 0.6) is 0 Å². The van der Waals surface area contributed by atoms with E-state index in [0.717, 1.165) is 38.8 Å². The number of anilines is 1. The van der Waals surface area contributed by atoms with Gasteiger partial charge >= 0.3 is 0 Å². The van der Waals surface area contributed by atoms with E-state index in [0.29, 0.717) is 21.5 Å². The molecular formula is C21H20Cl2N2O3S. The zero-order valence-corrected chi connectivity index (χ0v) is 18.0. The fraction of sp³-hybridized carbons (Fsp3) is 0.286. The molecule has 0 atom stereocenters. The SMILES string of the molecule is O=S(=O)(c1ccc(Cl)cc1)c1nc(-c2ccc(Cl)cc2)oc1N1CCCCCC1. The molecule has 152 valence electrons. The summed E-state index contributed by atoms with van der Waals surface area (Å²) in [6, 6.07) is 13.1. The van der Waals surface area contributed by atoms with Gasteiger partial charge in [-0.2, -0.15) is 4.98 Å². The van der Waals surface area contributed by atoms with Gasteiger partial charge in [-0.25, -0.2) is 8.42 Å². The minimum atomic E-state index is -3.87. The Bertz CT molecular complexity index is 1090. The van der Waals surface area contributed by atoms with E-state index in [-0.39, 0.29) is 15.8 Å². The summed E-state index contributed by atoms with van der Waals surface area (Å²) in [4.78, 5) is 6.54. The van der Waals surface area contributed by atoms with Gasteiger partial charge in [-0.1, -0.05) is 36.0 Å². The highest BCUT2D eigenvalue weighted by Gasteiger charge is 2.31. The first kappa shape index (κ1) is 20.3. The maximum atomic E-state index is 13.4. The Morgan fingerprint density at radius 3 is 1.97 bits per heavy atom. The van der Waals surface area contributed by atoms with Crippen LogP contribution < -0.4 is 4.90 Å². The summed E-state index contributed by atoms with van der Waals surface area (Å²) in [5.74, 6) is 0.556. The van der Waals surface area contributed by atoms with Crippen LogP contribution in [0.1, 0.15) is 25.7 Å². The number of rotatable bonds is 4. The highest BCUT2D eigenvalue weighted by Crippen LogP contribution is 2.36. The predicted molar refractivity (Wildman–Crippen MR) is 115 cm³/mol. The van der Waals surface area contributed by atoms with E-state index < -0.39 is 9.84 Å². The van der Waals surface area contributed by atoms with E-state index in [2.05, 4.69) is 4.98 Å². The molecule has 0 spiro atoms. The summed E-state index contributed by atoms with van der Waals surface area (Å²) >= 11 is 11.9. The number of hydrogen-bond acceptors (Lipinski definition) is 5. The first-order valence-corrected chi connectivity index (χ1v) is 11.7. The van der Waals surface area contributed by atoms with Gasteiger partial charge in [0.05, 0.1) is 4.90 Å². The Kier molecular flexibility index (Phi) is 5.86. The van der Waals surface area contributed by atoms with Gasteiger partial charge in [0.15, 0.2) is 0 Å². The molecule has 4 rings (SSSR count). The van der Waals surface area contributed by atoms with Crippen molar-refractivity contribution in [2.45, 2.75) is 35.6 Å². The van der Waals surface area contributed by atoms with Gasteiger partial charge in [-0.3, -0.25) is 0 Å². The van der Waals surface area contributed by atoms with Gasteiger partial charge < -0.3 is 9.32 Å². The van der Waals surface area contributed by atoms with Crippen LogP contribution in [0.2, 0.25) is 10.0 Å². The van der Waals surface area contributed by atoms with Crippen LogP contribution in [0.25, 0.3) is 11.5 Å². The van der Waals surface area contributed by atoms with E-state index in [1.165, 1.54) is 12.1 Å². The second kappa shape index (κ2) is 8.38. The van der Waals surface area contributed by atoms with Crippen LogP contribution in [0, 0.1) is 0 Å². The van der Waals surface area contributed by atoms with Gasteiger partial charge in [0.2, 0.25) is 26.6 Å². The van der Waals surface area contributed by atoms with E-state index in [1.54, 1.807) is 36.4 Å². The van der Waals surface area contributed by atoms with Crippen molar-refractivity contribution in [3.63, 3.8) is 0 Å². The van der Waals surface area contributed by atoms with Crippen LogP contribution in [-0.2, 0) is 9.84 Å². The fourth-order valence-electron chi connectivity index (χ4n) is 3.39. The van der Waals surface area contributed by atoms with Crippen LogP contribution in [0.15, 0.2) is 62.9 Å². The predicted octanol–water partition coefficient (Wildman–Crippen LogP) is 5.86. The minimum absolute atomic E-state index is 0.0633. The molecule has 1 aromatic heterocycles. The molecule has 2 heterocycles. The topological polar surface area (TPSA) is 63.4 Å². The van der Waals surface area contributed by atoms with Crippen LogP contribution >= 0.6 is 23.2 Å². The van der Waals surface area contributed by atoms with Crippen molar-refractivity contribution < 1.29 is 12.8 Å². The van der Waals surface area contributed by atoms with Crippen molar-refractivity contribution in [3.05, 3.63) is 58.6 Å². The molecule has 0 N–H and O–H groups in total. The molecule has 0 aliphatic carbocycles. The van der Waals surface area contributed by atoms with Gasteiger partial charge in [-0.15, -0.1) is 0 Å². The number of hydrogen-bond donors (Lipinski definition) is 0. The average Bonchev–Trinajstić information content (AvgIpc) is 2.99. The summed E-state index contributed by atoms with van der Waals surface area (Å²) < 4.78 is 32.8. The Balaban J connectivity index is 1.83. The number of sulfone groups is 1. The molecule has 1 saturated heterocycles. The number of oxazole rings is 1. The van der Waals surface area contributed by atoms with Crippen LogP contribution in [0.3, 0.4) is 0 Å². The summed E-state index contributed by atoms with van der Waals surface area (Å²) in [5.41, 5.74) is 0.669. The lowest BCUT2D eigenvalue weighted by Gasteiger charge is -2.20. The first-order valence-electron chi connectivity index (χ1n) is 9.47. The number of benzene rings is 2. The van der Waals surface area contributed by atoms with Crippen molar-refractivity contribution >= 4 is 38.9 Å². The Morgan fingerprint density at radius 2 is 1.38 bits per heavy atom. The summed E-state index contributed by atoms with van der Waals surface area (Å²) in [6.45, 7) is 1.47. The zero-order chi connectivity index (χ0) is 20.4. The normalized spacial score (nSPS) is 15.3. The minimum Gasteiger partial charge on any atom is -0.419 e. The first-order chi connectivity index (χ1) is 13.9. The van der Waals surface area contributed by atoms with Gasteiger partial charge in [0, 0.05) is 28.7 Å². The second-order valence-corrected chi connectivity index (χ2v) is 9.73. The smallest absolute Gasteiger partial charge is 0.236 e. The average molecular weight is 451 g/mol. The zero-order valence-electron chi connectivity index (χ0n) is 15.6. The lowest BCUT2D eigenvalue weighted by atomic mass is 10.2. The highest BCUT2D eigenvalue weighted by atomic mass is 35.5. The standard InChI is InChI=1S/C21H20Cl2N2O3S/c22-16-7-5-15(6-8-16)19-24-20(21(28-19)25-13-3-1-2-4-14-25)29(26,27)18-11-9-17(23)10-12-18/h5-12H,1-4,13-14H2. The quantitative estimate of drug-likeness (QED) is 0.497. The molecule has 0 saturated carbocycles. The molecule has 5 nitrogen and oxygen atoms in total. The van der Waals surface area contributed by atoms with Gasteiger partial charge in [0.25, 0.3) is 0 Å². The molecule has 8 heteroatoms. The third kappa shape index (κ3) is 4.29. The third-order valence-electron chi connectivity index (χ3n) is 4.94. The lowest BCUT2D eigenvalue weighted by molar-refractivity contribution is 0.543. The van der Waals surface area contributed by atoms with Crippen LogP contribution in [0.4, 0.5) is 5.88 Å². The van der Waals surface area contributed by atoms with Gasteiger partial charge in [0.1, 0.15) is 0 Å². The maximum Gasteiger partial charge on any atom is 0.236 e. The molecule has 1 fully saturated rings. The molecular weight excluding hydrogens is 431 g/mol. The number of halogens is 2. The molecule has 1 aliphatic rings. The van der Waals surface area contributed by atoms with Crippen LogP contribution in [-0.4, -0.2) is 26.5 Å². The number of aromatic nitrogens is 1. The largest absolute Gasteiger partial charge is 0.419 e. The van der Waals surface area contributed by atoms with Crippen molar-refractivity contribution in [2.24, 2.45) is 0 Å². The van der Waals surface area contributed by atoms with Gasteiger partial charge in [-0.05, 0) is 61.4 Å². The summed E-state index contributed by atoms with van der Waals surface area (Å²) in [7, 11) is -3.87. The van der Waals surface area contributed by atoms with E-state index in [1.807, 2.05) is 4.90 Å². The second-order valence-electron chi connectivity index (χ2n) is 6.99.